The minimum Gasteiger partial charge on any atom is -0.387 e. The quantitative estimate of drug-likeness (QED) is 0.0158. The lowest BCUT2D eigenvalue weighted by molar-refractivity contribution is -0.216. The third kappa shape index (κ3) is 18.0. The van der Waals surface area contributed by atoms with Crippen LogP contribution in [0.15, 0.2) is 79.8 Å². The van der Waals surface area contributed by atoms with Crippen molar-refractivity contribution in [2.75, 3.05) is 105 Å². The van der Waals surface area contributed by atoms with E-state index in [9.17, 15) is 43.9 Å². The number of fused-ring (bicyclic) bond motifs is 7. The van der Waals surface area contributed by atoms with E-state index >= 15 is 0 Å². The Labute approximate surface area is 715 Å². The Morgan fingerprint density at radius 2 is 0.992 bits per heavy atom. The van der Waals surface area contributed by atoms with E-state index in [4.69, 9.17) is 168 Å². The van der Waals surface area contributed by atoms with Gasteiger partial charge in [-0.05, 0) is 81.3 Å². The van der Waals surface area contributed by atoms with Crippen LogP contribution in [0, 0.1) is 6.92 Å². The van der Waals surface area contributed by atoms with Gasteiger partial charge in [0.25, 0.3) is 16.7 Å². The molecule has 7 aromatic rings. The maximum atomic E-state index is 13.8. The zero-order valence-electron chi connectivity index (χ0n) is 66.5. The molecule has 8 aliphatic rings. The fourth-order valence-corrected chi connectivity index (χ4v) is 21.5. The molecule has 15 rings (SSSR count). The molecule has 0 spiro atoms. The highest BCUT2D eigenvalue weighted by atomic mass is 32.5. The number of hydrogen-bond donors (Lipinski definition) is 12. The fraction of sp³-hybridized carbons (Fsp3) is 0.631. The van der Waals surface area contributed by atoms with Crippen molar-refractivity contribution in [1.29, 1.82) is 0 Å². The number of hydrogen-bond acceptors (Lipinski definition) is 43. The summed E-state index contributed by atoms with van der Waals surface area (Å²) < 4.78 is 137. The van der Waals surface area contributed by atoms with Gasteiger partial charge < -0.3 is 132 Å². The smallest absolute Gasteiger partial charge is 0.330 e. The molecule has 674 valence electrons. The van der Waals surface area contributed by atoms with Crippen LogP contribution in [0.5, 0.6) is 0 Å². The molecule has 26 atom stereocenters. The summed E-state index contributed by atoms with van der Waals surface area (Å²) in [5.41, 5.74) is 17.9. The van der Waals surface area contributed by atoms with Gasteiger partial charge in [0.2, 0.25) is 11.9 Å². The second-order valence-electron chi connectivity index (χ2n) is 29.4. The van der Waals surface area contributed by atoms with Crippen LogP contribution < -0.4 is 45.3 Å². The number of aromatic amines is 3. The number of H-pyrrole nitrogens is 3. The number of nitrogens with two attached hydrogens (primary N) is 4. The number of nitrogen functional groups attached to an aromatic ring is 3. The molecule has 7 aromatic heterocycles. The summed E-state index contributed by atoms with van der Waals surface area (Å²) in [6.45, 7) is -10.3. The molecule has 15 heterocycles. The number of rotatable bonds is 38. The molecule has 0 aromatic carbocycles. The van der Waals surface area contributed by atoms with Crippen LogP contribution in [0.1, 0.15) is 64.6 Å². The van der Waals surface area contributed by atoms with Crippen molar-refractivity contribution in [1.82, 2.24) is 73.0 Å². The van der Waals surface area contributed by atoms with Crippen LogP contribution in [0.2, 0.25) is 0 Å². The Kier molecular flexibility index (Phi) is 27.0. The van der Waals surface area contributed by atoms with E-state index in [1.807, 2.05) is 0 Å². The second-order valence-corrected chi connectivity index (χ2v) is 40.6. The van der Waals surface area contributed by atoms with Crippen LogP contribution in [-0.4, -0.2) is 300 Å². The third-order valence-electron chi connectivity index (χ3n) is 21.8. The van der Waals surface area contributed by atoms with Crippen molar-refractivity contribution in [3.05, 3.63) is 103 Å². The van der Waals surface area contributed by atoms with E-state index in [0.717, 1.165) is 4.57 Å². The summed E-state index contributed by atoms with van der Waals surface area (Å²) in [5.74, 6) is -0.198. The predicted molar refractivity (Wildman–Crippen MR) is 439 cm³/mol. The largest absolute Gasteiger partial charge is 0.387 e. The Balaban J connectivity index is 0.716. The first-order valence-electron chi connectivity index (χ1n) is 37.9. The van der Waals surface area contributed by atoms with Gasteiger partial charge >= 0.3 is 32.6 Å². The van der Waals surface area contributed by atoms with E-state index < -0.39 is 210 Å². The summed E-state index contributed by atoms with van der Waals surface area (Å²) in [6, 6.07) is 0. The number of anilines is 3. The highest BCUT2D eigenvalue weighted by Crippen LogP contribution is 2.62. The molecule has 8 aliphatic heterocycles. The van der Waals surface area contributed by atoms with Crippen molar-refractivity contribution < 1.29 is 122 Å². The van der Waals surface area contributed by atoms with E-state index in [1.54, 1.807) is 27.0 Å². The Morgan fingerprint density at radius 3 is 1.50 bits per heavy atom. The Morgan fingerprint density at radius 1 is 0.537 bits per heavy atom. The molecule has 7 fully saturated rings. The van der Waals surface area contributed by atoms with Gasteiger partial charge in [-0.1, -0.05) is 13.5 Å². The van der Waals surface area contributed by atoms with Gasteiger partial charge in [0.05, 0.1) is 103 Å². The van der Waals surface area contributed by atoms with Crippen LogP contribution >= 0.6 is 26.9 Å². The van der Waals surface area contributed by atoms with Gasteiger partial charge in [0.15, 0.2) is 64.9 Å². The van der Waals surface area contributed by atoms with Gasteiger partial charge in [-0.2, -0.15) is 9.97 Å². The first-order chi connectivity index (χ1) is 58.4. The summed E-state index contributed by atoms with van der Waals surface area (Å²) in [4.78, 5) is 146. The number of amidine groups is 1. The molecule has 58 heteroatoms. The van der Waals surface area contributed by atoms with Crippen molar-refractivity contribution in [3.63, 3.8) is 0 Å². The summed E-state index contributed by atoms with van der Waals surface area (Å²) in [6.07, 6.45) is -18.5. The maximum Gasteiger partial charge on any atom is 0.330 e. The number of aryl methyl sites for hydroxylation is 1. The second kappa shape index (κ2) is 36.3. The van der Waals surface area contributed by atoms with Crippen LogP contribution in [-0.2, 0) is 145 Å². The van der Waals surface area contributed by atoms with E-state index in [0.29, 0.717) is 5.57 Å². The molecule has 0 amide bonds. The summed E-state index contributed by atoms with van der Waals surface area (Å²) >= 11 is 23.4. The third-order valence-corrected chi connectivity index (χ3v) is 27.9. The van der Waals surface area contributed by atoms with Crippen molar-refractivity contribution in [3.8, 4) is 0 Å². The molecular formula is C65H90N20O30P4S4. The number of aliphatic imine (C=N–C) groups is 1. The van der Waals surface area contributed by atoms with Crippen molar-refractivity contribution in [2.45, 2.75) is 175 Å². The number of nitrogens with zero attached hydrogens (tertiary/aromatic N) is 13. The van der Waals surface area contributed by atoms with Crippen molar-refractivity contribution in [2.24, 2.45) is 10.7 Å². The molecule has 7 saturated heterocycles. The fourth-order valence-electron chi connectivity index (χ4n) is 15.8. The number of imidazole rings is 3. The number of aliphatic hydroxyl groups is 1. The number of nitrogens with one attached hydrogen (secondary N) is 3. The number of aromatic nitrogens is 14. The van der Waals surface area contributed by atoms with E-state index in [-0.39, 0.29) is 114 Å². The van der Waals surface area contributed by atoms with Crippen LogP contribution in [0.3, 0.4) is 0 Å². The molecule has 9 unspecified atom stereocenters. The average molecular weight is 1880 g/mol. The van der Waals surface area contributed by atoms with Gasteiger partial charge in [-0.3, -0.25) is 65.7 Å². The Bertz CT molecular complexity index is 5660. The van der Waals surface area contributed by atoms with Crippen LogP contribution in [0.4, 0.5) is 17.7 Å². The first-order valence-corrected chi connectivity index (χ1v) is 48.2. The average Bonchev–Trinajstić information content (AvgIpc) is 1.55. The van der Waals surface area contributed by atoms with Gasteiger partial charge in [0, 0.05) is 44.9 Å². The zero-order valence-corrected chi connectivity index (χ0v) is 73.3. The Hall–Kier alpha value is -6.36. The monoisotopic (exact) mass is 1880 g/mol. The number of ether oxygens (including phenoxy) is 13. The molecule has 4 bridgehead atoms. The zero-order chi connectivity index (χ0) is 87.9. The first kappa shape index (κ1) is 91.4. The topological polar surface area (TPSA) is 640 Å². The molecule has 0 saturated carbocycles. The standard InChI is InChI=1S/C65H90N20O30P4S4/c1-10-32-39(42(99-15-12-96-8)57(107-32)84-25-73-36-51(84)76-61(68)78-54(36)88)112-118(93,122)103-22-65-30(5)106-45(60(111-65)83-24-72-35-49(67)70-23-71-50(35)83)47(65)115-117(92,121)102-20-34-40(43(100-16-13-97-9)58(109-34)85-26-74-37-52(85)77-62(69)79-55(37)89)113-119(94,123)104-21-64-29(4)105-44(59(110-64)82-18-28(3)53(87)80-63(82)90)46(64)114-116(91,120)101-19-33-38(86)41(98-14-11-95-7)56(108-33)81-17-27(2)48(66)75-31(81)6/h17-18,23-26,29-30,32-34,38-47,56-60,86H,6,10-16,19-22H2,1-5,7-9H3,(H2,66,75)(H,91,120)(H,92,121)(H,93,122)(H,94,123)(H2,67,70,71)(H,80,87,90)(H3,68,76,78,88)(H3,69,77,79,89)/t29-,30-,32+,33+,34+,38?,39?,40?,41-,42-,43-,44-,45-,46?,47?,56+,57+,58+,59+,60+,64-,65-,116?,117?,118?,119?/m0/s1. The lowest BCUT2D eigenvalue weighted by Crippen LogP contribution is -2.51. The molecule has 0 radical (unpaired) electrons. The van der Waals surface area contributed by atoms with Crippen LogP contribution in [0.25, 0.3) is 33.5 Å². The molecule has 16 N–H and O–H groups in total. The maximum absolute atomic E-state index is 13.8. The number of methoxy groups -OCH3 is 3. The molecular weight excluding hydrogens is 1790 g/mol. The SMILES string of the molecule is C=C1N=C(N)C(C)=CN1[C@@H]1O[C@H](COP(O)(=S)OC2[C@@H]3O[C@@H](C)[C@]2(COP(O)(=S)OC2[C@@H](COP(O)(=S)OC4[C@@H]5O[C@@H](C)[C@]4(COP(O)(=S)OC4[C@@H](CC)O[C@@H](n6cnc7c(=O)[nH]c(N)nc76)[C@H]4OCCOC)O[C@H]5n4cnc5c(N)ncnc54)O[C@@H](n4cnc5c(=O)[nH]c(N)nc54)[C@H]2OCCOC)O[C@H]3n2cc(C)c(=O)[nH]c2=O)C(O)[C@@H]1OCCOC. The van der Waals surface area contributed by atoms with Crippen molar-refractivity contribution >= 4 is 131 Å². The lowest BCUT2D eigenvalue weighted by atomic mass is 9.94. The number of aliphatic hydroxyl groups excluding tert-OH is 1. The minimum atomic E-state index is -4.95. The minimum absolute atomic E-state index is 0.00558. The lowest BCUT2D eigenvalue weighted by Gasteiger charge is -2.37. The summed E-state index contributed by atoms with van der Waals surface area (Å²) in [7, 11) is 4.32. The van der Waals surface area contributed by atoms with Gasteiger partial charge in [-0.25, -0.2) is 34.7 Å². The molecule has 50 nitrogen and oxygen atoms in total. The highest BCUT2D eigenvalue weighted by molar-refractivity contribution is 8.08. The van der Waals surface area contributed by atoms with E-state index in [2.05, 4.69) is 61.4 Å². The predicted octanol–water partition coefficient (Wildman–Crippen LogP) is -1.28. The highest BCUT2D eigenvalue weighted by Gasteiger charge is 2.71. The van der Waals surface area contributed by atoms with E-state index in [1.165, 1.54) is 85.3 Å². The molecule has 123 heavy (non-hydrogen) atoms. The molecule has 0 aliphatic carbocycles. The van der Waals surface area contributed by atoms with Gasteiger partial charge in [-0.15, -0.1) is 0 Å². The van der Waals surface area contributed by atoms with Gasteiger partial charge in [0.1, 0.15) is 108 Å². The summed E-state index contributed by atoms with van der Waals surface area (Å²) in [5, 5.41) is 11.8. The normalized spacial score (nSPS) is 33.2.